The van der Waals surface area contributed by atoms with Gasteiger partial charge < -0.3 is 4.74 Å². The first kappa shape index (κ1) is 14.7. The molecule has 16 heavy (non-hydrogen) atoms. The SMILES string of the molecule is CCCCOC(=O)CCC.c1ccccc1. The van der Waals surface area contributed by atoms with E-state index in [1.807, 2.05) is 43.3 Å². The highest BCUT2D eigenvalue weighted by Gasteiger charge is 1.97. The number of unbranched alkanes of at least 4 members (excludes halogenated alkanes) is 1. The summed E-state index contributed by atoms with van der Waals surface area (Å²) in [5, 5.41) is 0. The van der Waals surface area contributed by atoms with Crippen LogP contribution in [0.3, 0.4) is 0 Å². The molecule has 0 unspecified atom stereocenters. The molecule has 1 aromatic carbocycles. The molecule has 0 aliphatic heterocycles. The van der Waals surface area contributed by atoms with Crippen molar-refractivity contribution in [1.29, 1.82) is 0 Å². The summed E-state index contributed by atoms with van der Waals surface area (Å²) in [5.41, 5.74) is 0. The summed E-state index contributed by atoms with van der Waals surface area (Å²) in [7, 11) is 0. The Morgan fingerprint density at radius 3 is 1.81 bits per heavy atom. The molecule has 0 saturated carbocycles. The van der Waals surface area contributed by atoms with Crippen LogP contribution in [-0.2, 0) is 9.53 Å². The van der Waals surface area contributed by atoms with Crippen molar-refractivity contribution in [2.24, 2.45) is 0 Å². The Morgan fingerprint density at radius 1 is 0.938 bits per heavy atom. The van der Waals surface area contributed by atoms with E-state index in [9.17, 15) is 4.79 Å². The maximum Gasteiger partial charge on any atom is 0.305 e. The van der Waals surface area contributed by atoms with Gasteiger partial charge in [0.1, 0.15) is 0 Å². The van der Waals surface area contributed by atoms with Crippen LogP contribution < -0.4 is 0 Å². The van der Waals surface area contributed by atoms with E-state index in [4.69, 9.17) is 4.74 Å². The largest absolute Gasteiger partial charge is 0.466 e. The third kappa shape index (κ3) is 10.8. The number of esters is 1. The van der Waals surface area contributed by atoms with Crippen LogP contribution in [-0.4, -0.2) is 12.6 Å². The smallest absolute Gasteiger partial charge is 0.305 e. The maximum atomic E-state index is 10.7. The first-order valence-electron chi connectivity index (χ1n) is 5.96. The number of ether oxygens (including phenoxy) is 1. The van der Waals surface area contributed by atoms with Crippen molar-refractivity contribution >= 4 is 5.97 Å². The van der Waals surface area contributed by atoms with E-state index in [2.05, 4.69) is 6.92 Å². The summed E-state index contributed by atoms with van der Waals surface area (Å²) >= 11 is 0. The van der Waals surface area contributed by atoms with Gasteiger partial charge in [-0.3, -0.25) is 4.79 Å². The van der Waals surface area contributed by atoms with Crippen molar-refractivity contribution in [3.05, 3.63) is 36.4 Å². The Labute approximate surface area is 98.6 Å². The lowest BCUT2D eigenvalue weighted by Gasteiger charge is -2.00. The van der Waals surface area contributed by atoms with Gasteiger partial charge in [-0.05, 0) is 12.8 Å². The number of carbonyl (C=O) groups is 1. The molecule has 0 amide bonds. The molecule has 2 nitrogen and oxygen atoms in total. The van der Waals surface area contributed by atoms with Gasteiger partial charge in [0.15, 0.2) is 0 Å². The number of rotatable bonds is 5. The predicted molar refractivity (Wildman–Crippen MR) is 67.2 cm³/mol. The third-order valence-electron chi connectivity index (χ3n) is 1.88. The van der Waals surface area contributed by atoms with Crippen molar-refractivity contribution in [3.8, 4) is 0 Å². The van der Waals surface area contributed by atoms with Crippen LogP contribution in [0.25, 0.3) is 0 Å². The predicted octanol–water partition coefficient (Wildman–Crippen LogP) is 3.82. The van der Waals surface area contributed by atoms with Gasteiger partial charge in [0.05, 0.1) is 6.61 Å². The molecule has 1 aromatic rings. The Hall–Kier alpha value is -1.31. The molecule has 90 valence electrons. The highest BCUT2D eigenvalue weighted by atomic mass is 16.5. The van der Waals surface area contributed by atoms with E-state index in [1.165, 1.54) is 0 Å². The lowest BCUT2D eigenvalue weighted by molar-refractivity contribution is -0.143. The van der Waals surface area contributed by atoms with Crippen LogP contribution in [0.15, 0.2) is 36.4 Å². The van der Waals surface area contributed by atoms with Crippen LogP contribution in [0.2, 0.25) is 0 Å². The van der Waals surface area contributed by atoms with E-state index in [-0.39, 0.29) is 5.97 Å². The number of hydrogen-bond donors (Lipinski definition) is 0. The zero-order valence-electron chi connectivity index (χ0n) is 10.3. The fourth-order valence-electron chi connectivity index (χ4n) is 0.992. The molecule has 0 aliphatic rings. The summed E-state index contributed by atoms with van der Waals surface area (Å²) in [4.78, 5) is 10.7. The second-order valence-electron chi connectivity index (χ2n) is 3.48. The Balaban J connectivity index is 0.000000315. The van der Waals surface area contributed by atoms with Gasteiger partial charge in [-0.2, -0.15) is 0 Å². The molecule has 0 fully saturated rings. The van der Waals surface area contributed by atoms with Gasteiger partial charge in [0, 0.05) is 6.42 Å². The van der Waals surface area contributed by atoms with Crippen LogP contribution >= 0.6 is 0 Å². The van der Waals surface area contributed by atoms with Gasteiger partial charge in [-0.15, -0.1) is 0 Å². The number of hydrogen-bond acceptors (Lipinski definition) is 2. The summed E-state index contributed by atoms with van der Waals surface area (Å²) in [6.07, 6.45) is 3.50. The summed E-state index contributed by atoms with van der Waals surface area (Å²) < 4.78 is 4.88. The first-order valence-corrected chi connectivity index (χ1v) is 5.96. The average Bonchev–Trinajstić information content (AvgIpc) is 2.33. The molecule has 0 saturated heterocycles. The molecule has 2 heteroatoms. The normalized spacial score (nSPS) is 8.88. The minimum absolute atomic E-state index is 0.0593. The average molecular weight is 222 g/mol. The van der Waals surface area contributed by atoms with Gasteiger partial charge in [-0.25, -0.2) is 0 Å². The zero-order chi connectivity index (χ0) is 12.1. The van der Waals surface area contributed by atoms with E-state index in [0.717, 1.165) is 19.3 Å². The minimum Gasteiger partial charge on any atom is -0.466 e. The van der Waals surface area contributed by atoms with Crippen molar-refractivity contribution in [2.45, 2.75) is 39.5 Å². The monoisotopic (exact) mass is 222 g/mol. The van der Waals surface area contributed by atoms with Crippen LogP contribution in [0, 0.1) is 0 Å². The second-order valence-corrected chi connectivity index (χ2v) is 3.48. The quantitative estimate of drug-likeness (QED) is 0.559. The number of carbonyl (C=O) groups excluding carboxylic acids is 1. The molecule has 0 spiro atoms. The molecule has 0 aromatic heterocycles. The maximum absolute atomic E-state index is 10.7. The second kappa shape index (κ2) is 11.8. The van der Waals surface area contributed by atoms with Gasteiger partial charge in [0.25, 0.3) is 0 Å². The molecular weight excluding hydrogens is 200 g/mol. The van der Waals surface area contributed by atoms with Gasteiger partial charge in [0.2, 0.25) is 0 Å². The molecule has 1 rings (SSSR count). The van der Waals surface area contributed by atoms with E-state index in [0.29, 0.717) is 13.0 Å². The Bertz CT molecular complexity index is 217. The summed E-state index contributed by atoms with van der Waals surface area (Å²) in [6, 6.07) is 12.0. The van der Waals surface area contributed by atoms with Crippen LogP contribution in [0.5, 0.6) is 0 Å². The van der Waals surface area contributed by atoms with E-state index >= 15 is 0 Å². The fourth-order valence-corrected chi connectivity index (χ4v) is 0.992. The highest BCUT2D eigenvalue weighted by molar-refractivity contribution is 5.69. The molecule has 0 radical (unpaired) electrons. The van der Waals surface area contributed by atoms with Crippen LogP contribution in [0.1, 0.15) is 39.5 Å². The van der Waals surface area contributed by atoms with Crippen molar-refractivity contribution in [2.75, 3.05) is 6.61 Å². The summed E-state index contributed by atoms with van der Waals surface area (Å²) in [6.45, 7) is 4.64. The standard InChI is InChI=1S/C8H16O2.C6H6/c1-3-5-7-10-8(9)6-4-2;1-2-4-6-5-3-1/h3-7H2,1-2H3;1-6H. The molecule has 0 bridgehead atoms. The molecule has 0 aliphatic carbocycles. The number of benzene rings is 1. The van der Waals surface area contributed by atoms with E-state index < -0.39 is 0 Å². The van der Waals surface area contributed by atoms with Crippen molar-refractivity contribution in [3.63, 3.8) is 0 Å². The molecular formula is C14H22O2. The molecule has 0 heterocycles. The molecule has 0 N–H and O–H groups in total. The summed E-state index contributed by atoms with van der Waals surface area (Å²) in [5.74, 6) is -0.0593. The topological polar surface area (TPSA) is 26.3 Å². The van der Waals surface area contributed by atoms with Gasteiger partial charge in [-0.1, -0.05) is 56.7 Å². The Morgan fingerprint density at radius 2 is 1.44 bits per heavy atom. The Kier molecular flexibility index (Phi) is 10.8. The highest BCUT2D eigenvalue weighted by Crippen LogP contribution is 1.93. The molecule has 0 atom stereocenters. The van der Waals surface area contributed by atoms with E-state index in [1.54, 1.807) is 0 Å². The van der Waals surface area contributed by atoms with Crippen molar-refractivity contribution in [1.82, 2.24) is 0 Å². The third-order valence-corrected chi connectivity index (χ3v) is 1.88. The lowest BCUT2D eigenvalue weighted by atomic mass is 10.3. The minimum atomic E-state index is -0.0593. The lowest BCUT2D eigenvalue weighted by Crippen LogP contribution is -2.04. The fraction of sp³-hybridized carbons (Fsp3) is 0.500. The zero-order valence-corrected chi connectivity index (χ0v) is 10.3. The van der Waals surface area contributed by atoms with Gasteiger partial charge >= 0.3 is 5.97 Å². The van der Waals surface area contributed by atoms with Crippen LogP contribution in [0.4, 0.5) is 0 Å². The van der Waals surface area contributed by atoms with Crippen molar-refractivity contribution < 1.29 is 9.53 Å². The first-order chi connectivity index (χ1) is 7.81.